The molecular formula is C16H18N6O3. The Kier molecular flexibility index (Phi) is 4.14. The summed E-state index contributed by atoms with van der Waals surface area (Å²) < 4.78 is 5.92. The highest BCUT2D eigenvalue weighted by Crippen LogP contribution is 2.34. The third-order valence-electron chi connectivity index (χ3n) is 4.68. The van der Waals surface area contributed by atoms with Gasteiger partial charge in [0.15, 0.2) is 5.82 Å². The normalized spacial score (nSPS) is 25.4. The predicted octanol–water partition coefficient (Wildman–Crippen LogP) is 0.458. The summed E-state index contributed by atoms with van der Waals surface area (Å²) in [5.41, 5.74) is 0.466. The van der Waals surface area contributed by atoms with Gasteiger partial charge in [-0.05, 0) is 24.8 Å². The third-order valence-corrected chi connectivity index (χ3v) is 4.68. The fourth-order valence-corrected chi connectivity index (χ4v) is 3.40. The van der Waals surface area contributed by atoms with Gasteiger partial charge in [0.05, 0.1) is 12.3 Å². The topological polar surface area (TPSA) is 113 Å². The van der Waals surface area contributed by atoms with Crippen molar-refractivity contribution < 1.29 is 14.3 Å². The highest BCUT2D eigenvalue weighted by molar-refractivity contribution is 5.93. The van der Waals surface area contributed by atoms with Crippen LogP contribution in [0.2, 0.25) is 0 Å². The molecule has 4 rings (SSSR count). The summed E-state index contributed by atoms with van der Waals surface area (Å²) >= 11 is 0. The molecule has 0 bridgehead atoms. The number of aromatic amines is 1. The van der Waals surface area contributed by atoms with Crippen molar-refractivity contribution in [2.45, 2.75) is 25.0 Å². The summed E-state index contributed by atoms with van der Waals surface area (Å²) in [4.78, 5) is 34.5. The molecule has 9 heteroatoms. The first-order valence-corrected chi connectivity index (χ1v) is 8.21. The number of amides is 2. The molecular weight excluding hydrogens is 324 g/mol. The number of anilines is 1. The van der Waals surface area contributed by atoms with Gasteiger partial charge in [-0.3, -0.25) is 19.7 Å². The van der Waals surface area contributed by atoms with Crippen LogP contribution in [0.25, 0.3) is 0 Å². The van der Waals surface area contributed by atoms with Gasteiger partial charge in [-0.15, -0.1) is 0 Å². The van der Waals surface area contributed by atoms with E-state index in [-0.39, 0.29) is 23.8 Å². The summed E-state index contributed by atoms with van der Waals surface area (Å²) in [6, 6.07) is 1.65. The summed E-state index contributed by atoms with van der Waals surface area (Å²) in [6.07, 6.45) is 6.93. The number of carbonyl (C=O) groups is 2. The average Bonchev–Trinajstić information content (AvgIpc) is 3.31. The van der Waals surface area contributed by atoms with E-state index in [4.69, 9.17) is 4.74 Å². The number of fused-ring (bicyclic) bond motifs is 1. The highest BCUT2D eigenvalue weighted by Gasteiger charge is 2.43. The molecule has 0 aromatic carbocycles. The van der Waals surface area contributed by atoms with Crippen LogP contribution in [0.3, 0.4) is 0 Å². The number of nitrogens with one attached hydrogen (secondary N) is 2. The summed E-state index contributed by atoms with van der Waals surface area (Å²) in [6.45, 7) is 1.14. The van der Waals surface area contributed by atoms with Gasteiger partial charge in [-0.1, -0.05) is 0 Å². The van der Waals surface area contributed by atoms with Gasteiger partial charge in [-0.25, -0.2) is 4.98 Å². The molecule has 2 amide bonds. The van der Waals surface area contributed by atoms with Crippen molar-refractivity contribution in [1.82, 2.24) is 25.1 Å². The van der Waals surface area contributed by atoms with E-state index < -0.39 is 6.10 Å². The van der Waals surface area contributed by atoms with Crippen LogP contribution in [0, 0.1) is 5.92 Å². The molecule has 0 aliphatic carbocycles. The Morgan fingerprint density at radius 1 is 1.32 bits per heavy atom. The van der Waals surface area contributed by atoms with E-state index in [1.807, 2.05) is 0 Å². The van der Waals surface area contributed by atoms with Gasteiger partial charge >= 0.3 is 0 Å². The zero-order valence-corrected chi connectivity index (χ0v) is 13.5. The Morgan fingerprint density at radius 3 is 3.00 bits per heavy atom. The molecule has 2 aliphatic heterocycles. The summed E-state index contributed by atoms with van der Waals surface area (Å²) in [7, 11) is 0. The second-order valence-corrected chi connectivity index (χ2v) is 6.25. The highest BCUT2D eigenvalue weighted by atomic mass is 16.5. The lowest BCUT2D eigenvalue weighted by molar-refractivity contribution is -0.127. The summed E-state index contributed by atoms with van der Waals surface area (Å²) in [5, 5.41) is 9.22. The molecule has 2 aromatic heterocycles. The molecule has 2 aliphatic rings. The lowest BCUT2D eigenvalue weighted by Crippen LogP contribution is -2.45. The van der Waals surface area contributed by atoms with E-state index >= 15 is 0 Å². The van der Waals surface area contributed by atoms with E-state index in [0.717, 1.165) is 6.42 Å². The smallest absolute Gasteiger partial charge is 0.271 e. The minimum Gasteiger partial charge on any atom is -0.363 e. The Morgan fingerprint density at radius 2 is 2.24 bits per heavy atom. The first-order chi connectivity index (χ1) is 12.2. The van der Waals surface area contributed by atoms with Crippen molar-refractivity contribution in [3.05, 3.63) is 36.5 Å². The number of nitrogens with zero attached hydrogens (tertiary/aromatic N) is 4. The molecule has 0 radical (unpaired) electrons. The standard InChI is InChI=1S/C16H18N6O3/c23-15(20-14-8-17-4-5-18-14)12-7-10-2-6-22(9-13(10)25-12)16(24)11-1-3-19-21-11/h1,3-5,8,10,12-13H,2,6-7,9H2,(H,19,21)(H,18,20,23)/t10-,12-,13+/m0/s1. The molecule has 0 spiro atoms. The van der Waals surface area contributed by atoms with Crippen molar-refractivity contribution in [3.8, 4) is 0 Å². The number of aromatic nitrogens is 4. The van der Waals surface area contributed by atoms with Gasteiger partial charge in [-0.2, -0.15) is 5.10 Å². The Labute approximate surface area is 143 Å². The van der Waals surface area contributed by atoms with Crippen molar-refractivity contribution in [3.63, 3.8) is 0 Å². The number of hydrogen-bond acceptors (Lipinski definition) is 6. The van der Waals surface area contributed by atoms with Gasteiger partial charge in [0.2, 0.25) is 0 Å². The van der Waals surface area contributed by atoms with Gasteiger partial charge in [0.25, 0.3) is 11.8 Å². The number of rotatable bonds is 3. The molecule has 4 heterocycles. The number of likely N-dealkylation sites (tertiary alicyclic amines) is 1. The first-order valence-electron chi connectivity index (χ1n) is 8.21. The minimum atomic E-state index is -0.529. The Balaban J connectivity index is 1.37. The van der Waals surface area contributed by atoms with E-state index in [0.29, 0.717) is 31.0 Å². The molecule has 25 heavy (non-hydrogen) atoms. The van der Waals surface area contributed by atoms with Crippen molar-refractivity contribution >= 4 is 17.6 Å². The van der Waals surface area contributed by atoms with Crippen LogP contribution in [0.4, 0.5) is 5.82 Å². The van der Waals surface area contributed by atoms with Crippen molar-refractivity contribution in [1.29, 1.82) is 0 Å². The molecule has 9 nitrogen and oxygen atoms in total. The van der Waals surface area contributed by atoms with Gasteiger partial charge in [0.1, 0.15) is 11.8 Å². The van der Waals surface area contributed by atoms with E-state index in [1.165, 1.54) is 12.4 Å². The first kappa shape index (κ1) is 15.7. The second kappa shape index (κ2) is 6.60. The molecule has 0 saturated carbocycles. The van der Waals surface area contributed by atoms with Crippen LogP contribution >= 0.6 is 0 Å². The number of H-pyrrole nitrogens is 1. The lowest BCUT2D eigenvalue weighted by Gasteiger charge is -2.33. The summed E-state index contributed by atoms with van der Waals surface area (Å²) in [5.74, 6) is 0.374. The molecule has 2 saturated heterocycles. The van der Waals surface area contributed by atoms with Gasteiger partial charge < -0.3 is 15.0 Å². The average molecular weight is 342 g/mol. The Bertz CT molecular complexity index is 750. The molecule has 130 valence electrons. The largest absolute Gasteiger partial charge is 0.363 e. The Hall–Kier alpha value is -2.81. The quantitative estimate of drug-likeness (QED) is 0.838. The van der Waals surface area contributed by atoms with Crippen molar-refractivity contribution in [2.24, 2.45) is 5.92 Å². The van der Waals surface area contributed by atoms with Crippen LogP contribution in [0.5, 0.6) is 0 Å². The van der Waals surface area contributed by atoms with Crippen LogP contribution in [-0.4, -0.2) is 62.2 Å². The molecule has 3 atom stereocenters. The minimum absolute atomic E-state index is 0.0907. The van der Waals surface area contributed by atoms with Crippen LogP contribution in [0.15, 0.2) is 30.9 Å². The zero-order valence-electron chi connectivity index (χ0n) is 13.5. The SMILES string of the molecule is O=C(Nc1cnccn1)[C@@H]1C[C@@H]2CCN(C(=O)c3ccn[nH]3)C[C@H]2O1. The molecule has 2 N–H and O–H groups in total. The van der Waals surface area contributed by atoms with Crippen LogP contribution in [0.1, 0.15) is 23.3 Å². The third kappa shape index (κ3) is 3.22. The van der Waals surface area contributed by atoms with Crippen LogP contribution in [-0.2, 0) is 9.53 Å². The van der Waals surface area contributed by atoms with E-state index in [2.05, 4.69) is 25.5 Å². The number of ether oxygens (including phenoxy) is 1. The van der Waals surface area contributed by atoms with E-state index in [9.17, 15) is 9.59 Å². The molecule has 2 aromatic rings. The molecule has 0 unspecified atom stereocenters. The fraction of sp³-hybridized carbons (Fsp3) is 0.438. The second-order valence-electron chi connectivity index (χ2n) is 6.25. The monoisotopic (exact) mass is 342 g/mol. The van der Waals surface area contributed by atoms with Crippen molar-refractivity contribution in [2.75, 3.05) is 18.4 Å². The van der Waals surface area contributed by atoms with Gasteiger partial charge in [0, 0.05) is 31.7 Å². The maximum absolute atomic E-state index is 12.4. The van der Waals surface area contributed by atoms with Crippen LogP contribution < -0.4 is 5.32 Å². The fourth-order valence-electron chi connectivity index (χ4n) is 3.40. The molecule has 2 fully saturated rings. The van der Waals surface area contributed by atoms with E-state index in [1.54, 1.807) is 23.4 Å². The number of carbonyl (C=O) groups excluding carboxylic acids is 2. The zero-order chi connectivity index (χ0) is 17.2. The predicted molar refractivity (Wildman–Crippen MR) is 86.5 cm³/mol. The maximum atomic E-state index is 12.4. The number of hydrogen-bond donors (Lipinski definition) is 2. The lowest BCUT2D eigenvalue weighted by atomic mass is 9.91. The number of piperidine rings is 1. The maximum Gasteiger partial charge on any atom is 0.271 e.